The molecular formula is C28H34Cl2N6O. The van der Waals surface area contributed by atoms with Crippen LogP contribution in [0.1, 0.15) is 39.4 Å². The second-order valence-corrected chi connectivity index (χ2v) is 10.6. The fourth-order valence-corrected chi connectivity index (χ4v) is 5.25. The van der Waals surface area contributed by atoms with Gasteiger partial charge >= 0.3 is 0 Å². The fraction of sp³-hybridized carbons (Fsp3) is 0.393. The molecule has 1 aliphatic heterocycles. The molecule has 2 N–H and O–H groups in total. The van der Waals surface area contributed by atoms with Gasteiger partial charge in [0.2, 0.25) is 5.95 Å². The topological polar surface area (TPSA) is 78.6 Å². The van der Waals surface area contributed by atoms with E-state index in [0.717, 1.165) is 67.2 Å². The zero-order valence-electron chi connectivity index (χ0n) is 21.6. The Morgan fingerprint density at radius 3 is 2.38 bits per heavy atom. The highest BCUT2D eigenvalue weighted by molar-refractivity contribution is 6.42. The molecule has 0 saturated carbocycles. The monoisotopic (exact) mass is 540 g/mol. The highest BCUT2D eigenvalue weighted by Gasteiger charge is 2.23. The van der Waals surface area contributed by atoms with Crippen molar-refractivity contribution in [2.24, 2.45) is 0 Å². The van der Waals surface area contributed by atoms with E-state index in [1.165, 1.54) is 0 Å². The van der Waals surface area contributed by atoms with Gasteiger partial charge in [-0.2, -0.15) is 4.98 Å². The van der Waals surface area contributed by atoms with Crippen LogP contribution in [0.25, 0.3) is 0 Å². The molecule has 2 heterocycles. The largest absolute Gasteiger partial charge is 0.368 e. The third-order valence-corrected chi connectivity index (χ3v) is 7.61. The Morgan fingerprint density at radius 1 is 1.03 bits per heavy atom. The highest BCUT2D eigenvalue weighted by Crippen LogP contribution is 2.29. The molecule has 1 atom stereocenters. The Balaban J connectivity index is 1.42. The number of carbonyl (C=O) groups excluding carboxylic acids is 1. The number of hydrogen-bond donors (Lipinski definition) is 1. The van der Waals surface area contributed by atoms with Gasteiger partial charge in [0.15, 0.2) is 0 Å². The van der Waals surface area contributed by atoms with Crippen molar-refractivity contribution in [3.05, 3.63) is 81.0 Å². The summed E-state index contributed by atoms with van der Waals surface area (Å²) >= 11 is 12.6. The van der Waals surface area contributed by atoms with Crippen LogP contribution in [0.5, 0.6) is 0 Å². The lowest BCUT2D eigenvalue weighted by atomic mass is 9.94. The molecule has 0 radical (unpaired) electrons. The minimum Gasteiger partial charge on any atom is -0.368 e. The molecular weight excluding hydrogens is 507 g/mol. The maximum Gasteiger partial charge on any atom is 0.253 e. The Kier molecular flexibility index (Phi) is 8.90. The van der Waals surface area contributed by atoms with Gasteiger partial charge in [0.25, 0.3) is 5.91 Å². The smallest absolute Gasteiger partial charge is 0.253 e. The van der Waals surface area contributed by atoms with Crippen molar-refractivity contribution in [3.8, 4) is 0 Å². The summed E-state index contributed by atoms with van der Waals surface area (Å²) in [5, 5.41) is 1.07. The van der Waals surface area contributed by atoms with Gasteiger partial charge in [-0.1, -0.05) is 46.5 Å². The summed E-state index contributed by atoms with van der Waals surface area (Å²) in [6.07, 6.45) is 2.59. The Labute approximate surface area is 229 Å². The van der Waals surface area contributed by atoms with Crippen molar-refractivity contribution in [1.82, 2.24) is 19.8 Å². The summed E-state index contributed by atoms with van der Waals surface area (Å²) in [5.41, 5.74) is 9.73. The lowest BCUT2D eigenvalue weighted by Crippen LogP contribution is -2.47. The maximum atomic E-state index is 13.3. The standard InChI is InChI=1S/C28H34Cl2N6O/c1-19-14-20(2)16-23(15-19)27(37)34(3)18-22(21-4-5-24(29)25(30)17-21)7-9-35-10-12-36(13-11-35)26-6-8-32-28(31)33-26/h4-6,8,14-17,22H,7,9-13,18H2,1-3H3,(H2,31,32,33)/t22-/m1/s1. The lowest BCUT2D eigenvalue weighted by molar-refractivity contribution is 0.0782. The van der Waals surface area contributed by atoms with Gasteiger partial charge < -0.3 is 15.5 Å². The Hall–Kier alpha value is -2.87. The zero-order valence-corrected chi connectivity index (χ0v) is 23.1. The van der Waals surface area contributed by atoms with Crippen LogP contribution in [0.2, 0.25) is 10.0 Å². The van der Waals surface area contributed by atoms with Gasteiger partial charge in [-0.05, 0) is 62.7 Å². The van der Waals surface area contributed by atoms with E-state index in [1.807, 2.05) is 62.2 Å². The Morgan fingerprint density at radius 2 is 1.73 bits per heavy atom. The van der Waals surface area contributed by atoms with Crippen LogP contribution < -0.4 is 10.6 Å². The molecule has 9 heteroatoms. The van der Waals surface area contributed by atoms with Crippen molar-refractivity contribution < 1.29 is 4.79 Å². The summed E-state index contributed by atoms with van der Waals surface area (Å²) in [4.78, 5) is 28.1. The van der Waals surface area contributed by atoms with Crippen molar-refractivity contribution in [1.29, 1.82) is 0 Å². The average Bonchev–Trinajstić information content (AvgIpc) is 2.87. The minimum atomic E-state index is 0.0228. The maximum absolute atomic E-state index is 13.3. The van der Waals surface area contributed by atoms with Gasteiger partial charge in [0.1, 0.15) is 5.82 Å². The van der Waals surface area contributed by atoms with Gasteiger partial charge in [-0.25, -0.2) is 4.98 Å². The van der Waals surface area contributed by atoms with E-state index in [4.69, 9.17) is 28.9 Å². The van der Waals surface area contributed by atoms with E-state index in [0.29, 0.717) is 22.5 Å². The van der Waals surface area contributed by atoms with Crippen LogP contribution in [-0.2, 0) is 0 Å². The van der Waals surface area contributed by atoms with E-state index < -0.39 is 0 Å². The predicted octanol–water partition coefficient (Wildman–Crippen LogP) is 5.05. The molecule has 2 aromatic carbocycles. The van der Waals surface area contributed by atoms with Crippen molar-refractivity contribution in [2.75, 3.05) is 56.9 Å². The third-order valence-electron chi connectivity index (χ3n) is 6.87. The molecule has 0 aliphatic carbocycles. The van der Waals surface area contributed by atoms with Crippen molar-refractivity contribution in [3.63, 3.8) is 0 Å². The van der Waals surface area contributed by atoms with E-state index in [1.54, 1.807) is 6.20 Å². The summed E-state index contributed by atoms with van der Waals surface area (Å²) in [6.45, 7) is 9.13. The number of nitrogens with zero attached hydrogens (tertiary/aromatic N) is 5. The molecule has 37 heavy (non-hydrogen) atoms. The molecule has 1 aromatic heterocycles. The number of amides is 1. The highest BCUT2D eigenvalue weighted by atomic mass is 35.5. The first-order chi connectivity index (χ1) is 17.7. The molecule has 3 aromatic rings. The molecule has 1 fully saturated rings. The van der Waals surface area contributed by atoms with Gasteiger partial charge in [0, 0.05) is 57.4 Å². The molecule has 7 nitrogen and oxygen atoms in total. The molecule has 196 valence electrons. The first-order valence-corrected chi connectivity index (χ1v) is 13.3. The number of benzene rings is 2. The quantitative estimate of drug-likeness (QED) is 0.430. The SMILES string of the molecule is Cc1cc(C)cc(C(=O)N(C)C[C@@H](CCN2CCN(c3ccnc(N)n3)CC2)c2ccc(Cl)c(Cl)c2)c1. The number of anilines is 2. The first-order valence-electron chi connectivity index (χ1n) is 12.5. The molecule has 0 unspecified atom stereocenters. The van der Waals surface area contributed by atoms with E-state index in [-0.39, 0.29) is 11.8 Å². The lowest BCUT2D eigenvalue weighted by Gasteiger charge is -2.36. The minimum absolute atomic E-state index is 0.0228. The number of piperazine rings is 1. The van der Waals surface area contributed by atoms with Crippen LogP contribution in [0.3, 0.4) is 0 Å². The number of nitrogen functional groups attached to an aromatic ring is 1. The summed E-state index contributed by atoms with van der Waals surface area (Å²) < 4.78 is 0. The average molecular weight is 542 g/mol. The van der Waals surface area contributed by atoms with Crippen molar-refractivity contribution in [2.45, 2.75) is 26.2 Å². The summed E-state index contributed by atoms with van der Waals surface area (Å²) in [5.74, 6) is 1.31. The van der Waals surface area contributed by atoms with E-state index >= 15 is 0 Å². The van der Waals surface area contributed by atoms with Gasteiger partial charge in [-0.15, -0.1) is 0 Å². The normalized spacial score (nSPS) is 15.0. The molecule has 1 saturated heterocycles. The molecule has 0 spiro atoms. The van der Waals surface area contributed by atoms with E-state index in [9.17, 15) is 4.79 Å². The second kappa shape index (κ2) is 12.1. The number of halogens is 2. The number of likely N-dealkylation sites (N-methyl/N-ethyl adjacent to an activating group) is 1. The van der Waals surface area contributed by atoms with Crippen LogP contribution in [0, 0.1) is 13.8 Å². The fourth-order valence-electron chi connectivity index (χ4n) is 4.94. The second-order valence-electron chi connectivity index (χ2n) is 9.82. The number of rotatable bonds is 8. The number of aryl methyl sites for hydroxylation is 2. The van der Waals surface area contributed by atoms with Crippen molar-refractivity contribution >= 4 is 40.9 Å². The summed E-state index contributed by atoms with van der Waals surface area (Å²) in [6, 6.07) is 13.7. The van der Waals surface area contributed by atoms with Crippen LogP contribution >= 0.6 is 23.2 Å². The zero-order chi connectivity index (χ0) is 26.5. The number of hydrogen-bond acceptors (Lipinski definition) is 6. The first kappa shape index (κ1) is 27.2. The number of aromatic nitrogens is 2. The number of nitrogens with two attached hydrogens (primary N) is 1. The Bertz CT molecular complexity index is 1220. The van der Waals surface area contributed by atoms with Gasteiger partial charge in [-0.3, -0.25) is 9.69 Å². The summed E-state index contributed by atoms with van der Waals surface area (Å²) in [7, 11) is 1.87. The third kappa shape index (κ3) is 7.12. The molecule has 1 amide bonds. The van der Waals surface area contributed by atoms with Gasteiger partial charge in [0.05, 0.1) is 10.0 Å². The number of carbonyl (C=O) groups is 1. The van der Waals surface area contributed by atoms with Crippen LogP contribution in [0.4, 0.5) is 11.8 Å². The predicted molar refractivity (Wildman–Crippen MR) is 152 cm³/mol. The molecule has 1 aliphatic rings. The molecule has 0 bridgehead atoms. The van der Waals surface area contributed by atoms with Crippen LogP contribution in [0.15, 0.2) is 48.7 Å². The van der Waals surface area contributed by atoms with E-state index in [2.05, 4.69) is 25.8 Å². The van der Waals surface area contributed by atoms with Crippen LogP contribution in [-0.4, -0.2) is 72.0 Å². The molecule has 4 rings (SSSR count).